The molecule has 15 heavy (non-hydrogen) atoms. The second-order valence-electron chi connectivity index (χ2n) is 4.89. The second-order valence-corrected chi connectivity index (χ2v) is 6.00. The van der Waals surface area contributed by atoms with Gasteiger partial charge in [0.05, 0.1) is 0 Å². The SMILES string of the molecule is CC(C)(C)C(=O)NC1(C(=O)O)CCSC1. The van der Waals surface area contributed by atoms with E-state index in [2.05, 4.69) is 5.32 Å². The Kier molecular flexibility index (Phi) is 3.33. The lowest BCUT2D eigenvalue weighted by molar-refractivity contribution is -0.147. The molecule has 0 radical (unpaired) electrons. The average Bonchev–Trinajstić information content (AvgIpc) is 2.52. The summed E-state index contributed by atoms with van der Waals surface area (Å²) < 4.78 is 0. The van der Waals surface area contributed by atoms with Crippen LogP contribution in [-0.2, 0) is 9.59 Å². The minimum Gasteiger partial charge on any atom is -0.479 e. The monoisotopic (exact) mass is 231 g/mol. The van der Waals surface area contributed by atoms with Crippen molar-refractivity contribution in [2.24, 2.45) is 5.41 Å². The van der Waals surface area contributed by atoms with Gasteiger partial charge in [-0.25, -0.2) is 4.79 Å². The van der Waals surface area contributed by atoms with Gasteiger partial charge < -0.3 is 10.4 Å². The summed E-state index contributed by atoms with van der Waals surface area (Å²) in [7, 11) is 0. The minimum absolute atomic E-state index is 0.201. The summed E-state index contributed by atoms with van der Waals surface area (Å²) in [5.74, 6) is 0.124. The highest BCUT2D eigenvalue weighted by Gasteiger charge is 2.44. The molecule has 2 N–H and O–H groups in total. The zero-order valence-corrected chi connectivity index (χ0v) is 10.1. The summed E-state index contributed by atoms with van der Waals surface area (Å²) >= 11 is 1.57. The van der Waals surface area contributed by atoms with E-state index in [-0.39, 0.29) is 5.91 Å². The predicted molar refractivity (Wildman–Crippen MR) is 59.9 cm³/mol. The van der Waals surface area contributed by atoms with Crippen molar-refractivity contribution in [3.05, 3.63) is 0 Å². The molecule has 1 rings (SSSR count). The first kappa shape index (κ1) is 12.4. The van der Waals surface area contributed by atoms with Gasteiger partial charge in [0, 0.05) is 11.2 Å². The van der Waals surface area contributed by atoms with Crippen LogP contribution >= 0.6 is 11.8 Å². The molecular weight excluding hydrogens is 214 g/mol. The number of hydrogen-bond acceptors (Lipinski definition) is 3. The molecule has 4 nitrogen and oxygen atoms in total. The van der Waals surface area contributed by atoms with Gasteiger partial charge in [-0.15, -0.1) is 0 Å². The largest absolute Gasteiger partial charge is 0.479 e. The average molecular weight is 231 g/mol. The van der Waals surface area contributed by atoms with Crippen molar-refractivity contribution in [1.82, 2.24) is 5.32 Å². The summed E-state index contributed by atoms with van der Waals surface area (Å²) in [5, 5.41) is 11.8. The standard InChI is InChI=1S/C10H17NO3S/c1-9(2,3)7(12)11-10(8(13)14)4-5-15-6-10/h4-6H2,1-3H3,(H,11,12)(H,13,14). The highest BCUT2D eigenvalue weighted by Crippen LogP contribution is 2.29. The van der Waals surface area contributed by atoms with Crippen LogP contribution in [0.15, 0.2) is 0 Å². The fourth-order valence-electron chi connectivity index (χ4n) is 1.29. The Morgan fingerprint density at radius 3 is 2.33 bits per heavy atom. The lowest BCUT2D eigenvalue weighted by Gasteiger charge is -2.28. The second kappa shape index (κ2) is 4.04. The molecule has 1 amide bonds. The van der Waals surface area contributed by atoms with E-state index in [9.17, 15) is 9.59 Å². The zero-order chi connectivity index (χ0) is 11.7. The van der Waals surface area contributed by atoms with Crippen LogP contribution in [-0.4, -0.2) is 34.0 Å². The smallest absolute Gasteiger partial charge is 0.330 e. The van der Waals surface area contributed by atoms with E-state index in [1.54, 1.807) is 32.5 Å². The van der Waals surface area contributed by atoms with Crippen molar-refractivity contribution >= 4 is 23.6 Å². The maximum Gasteiger partial charge on any atom is 0.330 e. The van der Waals surface area contributed by atoms with E-state index in [0.29, 0.717) is 12.2 Å². The van der Waals surface area contributed by atoms with Gasteiger partial charge in [-0.1, -0.05) is 20.8 Å². The van der Waals surface area contributed by atoms with Crippen LogP contribution in [0.3, 0.4) is 0 Å². The molecule has 1 atom stereocenters. The summed E-state index contributed by atoms with van der Waals surface area (Å²) in [6, 6.07) is 0. The molecule has 1 aliphatic rings. The van der Waals surface area contributed by atoms with Crippen molar-refractivity contribution in [3.8, 4) is 0 Å². The van der Waals surface area contributed by atoms with Crippen molar-refractivity contribution in [2.75, 3.05) is 11.5 Å². The molecule has 1 unspecified atom stereocenters. The van der Waals surface area contributed by atoms with Gasteiger partial charge in [-0.3, -0.25) is 4.79 Å². The van der Waals surface area contributed by atoms with Crippen molar-refractivity contribution in [2.45, 2.75) is 32.7 Å². The van der Waals surface area contributed by atoms with E-state index in [4.69, 9.17) is 5.11 Å². The maximum absolute atomic E-state index is 11.7. The molecule has 5 heteroatoms. The Labute approximate surface area is 93.8 Å². The molecule has 0 aromatic rings. The van der Waals surface area contributed by atoms with Crippen LogP contribution in [0.25, 0.3) is 0 Å². The van der Waals surface area contributed by atoms with E-state index < -0.39 is 16.9 Å². The van der Waals surface area contributed by atoms with Crippen molar-refractivity contribution in [3.63, 3.8) is 0 Å². The number of carbonyl (C=O) groups excluding carboxylic acids is 1. The molecule has 0 saturated carbocycles. The Morgan fingerprint density at radius 1 is 1.40 bits per heavy atom. The van der Waals surface area contributed by atoms with Crippen LogP contribution in [0.2, 0.25) is 0 Å². The summed E-state index contributed by atoms with van der Waals surface area (Å²) in [5.41, 5.74) is -1.59. The van der Waals surface area contributed by atoms with E-state index in [1.807, 2.05) is 0 Å². The number of carboxylic acid groups (broad SMARTS) is 1. The number of amides is 1. The molecule has 1 fully saturated rings. The molecule has 0 aliphatic carbocycles. The molecule has 1 aliphatic heterocycles. The lowest BCUT2D eigenvalue weighted by Crippen LogP contribution is -2.57. The fourth-order valence-corrected chi connectivity index (χ4v) is 2.62. The molecule has 0 spiro atoms. The van der Waals surface area contributed by atoms with Crippen LogP contribution in [0.5, 0.6) is 0 Å². The Balaban J connectivity index is 2.77. The van der Waals surface area contributed by atoms with Gasteiger partial charge in [0.1, 0.15) is 5.54 Å². The Bertz CT molecular complexity index is 277. The third-order valence-electron chi connectivity index (χ3n) is 2.47. The Hall–Kier alpha value is -0.710. The van der Waals surface area contributed by atoms with Gasteiger partial charge >= 0.3 is 5.97 Å². The normalized spacial score (nSPS) is 26.3. The van der Waals surface area contributed by atoms with E-state index in [1.165, 1.54) is 0 Å². The summed E-state index contributed by atoms with van der Waals surface area (Å²) in [4.78, 5) is 22.9. The molecule has 1 heterocycles. The van der Waals surface area contributed by atoms with Crippen LogP contribution in [0.4, 0.5) is 0 Å². The first-order chi connectivity index (χ1) is 6.78. The number of aliphatic carboxylic acids is 1. The van der Waals surface area contributed by atoms with Crippen LogP contribution < -0.4 is 5.32 Å². The Morgan fingerprint density at radius 2 is 2.00 bits per heavy atom. The number of carbonyl (C=O) groups is 2. The zero-order valence-electron chi connectivity index (χ0n) is 9.29. The van der Waals surface area contributed by atoms with Gasteiger partial charge in [0.25, 0.3) is 0 Å². The van der Waals surface area contributed by atoms with Crippen molar-refractivity contribution < 1.29 is 14.7 Å². The first-order valence-corrected chi connectivity index (χ1v) is 6.07. The quantitative estimate of drug-likeness (QED) is 0.747. The van der Waals surface area contributed by atoms with Gasteiger partial charge in [-0.05, 0) is 12.2 Å². The molecule has 86 valence electrons. The number of thioether (sulfide) groups is 1. The topological polar surface area (TPSA) is 66.4 Å². The molecule has 0 aromatic heterocycles. The third-order valence-corrected chi connectivity index (χ3v) is 3.65. The number of rotatable bonds is 2. The minimum atomic E-state index is -1.05. The summed E-state index contributed by atoms with van der Waals surface area (Å²) in [6.45, 7) is 5.33. The fraction of sp³-hybridized carbons (Fsp3) is 0.800. The van der Waals surface area contributed by atoms with Crippen molar-refractivity contribution in [1.29, 1.82) is 0 Å². The first-order valence-electron chi connectivity index (χ1n) is 4.92. The molecule has 0 aromatic carbocycles. The molecule has 1 saturated heterocycles. The van der Waals surface area contributed by atoms with Gasteiger partial charge in [0.15, 0.2) is 0 Å². The van der Waals surface area contributed by atoms with Crippen LogP contribution in [0, 0.1) is 5.41 Å². The maximum atomic E-state index is 11.7. The van der Waals surface area contributed by atoms with Gasteiger partial charge in [-0.2, -0.15) is 11.8 Å². The highest BCUT2D eigenvalue weighted by atomic mass is 32.2. The number of carboxylic acids is 1. The van der Waals surface area contributed by atoms with Gasteiger partial charge in [0.2, 0.25) is 5.91 Å². The lowest BCUT2D eigenvalue weighted by atomic mass is 9.91. The molecule has 0 bridgehead atoms. The van der Waals surface area contributed by atoms with E-state index in [0.717, 1.165) is 5.75 Å². The highest BCUT2D eigenvalue weighted by molar-refractivity contribution is 7.99. The molecular formula is C10H17NO3S. The number of hydrogen-bond donors (Lipinski definition) is 2. The summed E-state index contributed by atoms with van der Waals surface area (Å²) in [6.07, 6.45) is 0.509. The predicted octanol–water partition coefficient (Wildman–Crippen LogP) is 1.11. The number of nitrogens with one attached hydrogen (secondary N) is 1. The van der Waals surface area contributed by atoms with E-state index >= 15 is 0 Å². The third kappa shape index (κ3) is 2.65. The van der Waals surface area contributed by atoms with Crippen LogP contribution in [0.1, 0.15) is 27.2 Å².